The van der Waals surface area contributed by atoms with E-state index in [-0.39, 0.29) is 0 Å². The number of nitrogens with one attached hydrogen (secondary N) is 2. The zero-order valence-electron chi connectivity index (χ0n) is 10.2. The molecule has 0 amide bonds. The van der Waals surface area contributed by atoms with Gasteiger partial charge in [0.05, 0.1) is 12.2 Å². The van der Waals surface area contributed by atoms with Crippen molar-refractivity contribution in [2.75, 3.05) is 33.1 Å². The van der Waals surface area contributed by atoms with Crippen LogP contribution in [0.25, 0.3) is 0 Å². The molecule has 0 fully saturated rings. The number of rotatable bonds is 3. The van der Waals surface area contributed by atoms with E-state index in [9.17, 15) is 0 Å². The minimum atomic E-state index is 0.622. The van der Waals surface area contributed by atoms with Gasteiger partial charge in [-0.15, -0.1) is 0 Å². The van der Waals surface area contributed by atoms with Crippen molar-refractivity contribution in [1.29, 1.82) is 0 Å². The molecule has 0 saturated heterocycles. The molecule has 16 heavy (non-hydrogen) atoms. The third-order valence-corrected chi connectivity index (χ3v) is 2.00. The smallest absolute Gasteiger partial charge is 0.225 e. The first-order chi connectivity index (χ1) is 7.67. The minimum absolute atomic E-state index is 0.622. The molecular weight excluding hydrogens is 204 g/mol. The summed E-state index contributed by atoms with van der Waals surface area (Å²) in [5, 5.41) is 6.08. The monoisotopic (exact) mass is 222 g/mol. The van der Waals surface area contributed by atoms with Crippen molar-refractivity contribution < 1.29 is 0 Å². The Morgan fingerprint density at radius 2 is 2.25 bits per heavy atom. The van der Waals surface area contributed by atoms with Crippen molar-refractivity contribution in [2.24, 2.45) is 4.99 Å². The Kier molecular flexibility index (Phi) is 4.50. The van der Waals surface area contributed by atoms with Crippen molar-refractivity contribution >= 4 is 11.9 Å². The van der Waals surface area contributed by atoms with Gasteiger partial charge in [0.2, 0.25) is 5.95 Å². The van der Waals surface area contributed by atoms with Crippen LogP contribution < -0.4 is 15.5 Å². The highest BCUT2D eigenvalue weighted by atomic mass is 15.2. The zero-order chi connectivity index (χ0) is 12.0. The van der Waals surface area contributed by atoms with Gasteiger partial charge >= 0.3 is 0 Å². The summed E-state index contributed by atoms with van der Waals surface area (Å²) in [5.41, 5.74) is 0.926. The van der Waals surface area contributed by atoms with Gasteiger partial charge in [0.25, 0.3) is 0 Å². The van der Waals surface area contributed by atoms with E-state index in [4.69, 9.17) is 0 Å². The van der Waals surface area contributed by atoms with Crippen LogP contribution in [0.5, 0.6) is 0 Å². The summed E-state index contributed by atoms with van der Waals surface area (Å²) in [6, 6.07) is 1.88. The van der Waals surface area contributed by atoms with Crippen LogP contribution >= 0.6 is 0 Å². The normalized spacial score (nSPS) is 11.1. The van der Waals surface area contributed by atoms with Gasteiger partial charge in [-0.1, -0.05) is 0 Å². The fourth-order valence-electron chi connectivity index (χ4n) is 1.15. The summed E-state index contributed by atoms with van der Waals surface area (Å²) in [6.07, 6.45) is 1.75. The van der Waals surface area contributed by atoms with Crippen LogP contribution in [0.15, 0.2) is 17.3 Å². The fraction of sp³-hybridized carbons (Fsp3) is 0.500. The summed E-state index contributed by atoms with van der Waals surface area (Å²) >= 11 is 0. The maximum Gasteiger partial charge on any atom is 0.225 e. The maximum absolute atomic E-state index is 4.38. The molecule has 0 saturated carbocycles. The number of aromatic nitrogens is 2. The van der Waals surface area contributed by atoms with Gasteiger partial charge in [-0.05, 0) is 6.07 Å². The molecule has 88 valence electrons. The third-order valence-electron chi connectivity index (χ3n) is 2.00. The Morgan fingerprint density at radius 3 is 2.81 bits per heavy atom. The Hall–Kier alpha value is -1.85. The number of nitrogens with zero attached hydrogens (tertiary/aromatic N) is 4. The molecule has 1 aromatic rings. The van der Waals surface area contributed by atoms with Crippen LogP contribution in [-0.4, -0.2) is 44.1 Å². The number of hydrogen-bond donors (Lipinski definition) is 2. The lowest BCUT2D eigenvalue weighted by Gasteiger charge is -2.12. The first kappa shape index (κ1) is 12.2. The largest absolute Gasteiger partial charge is 0.359 e. The van der Waals surface area contributed by atoms with Crippen LogP contribution in [0.2, 0.25) is 0 Å². The van der Waals surface area contributed by atoms with E-state index >= 15 is 0 Å². The minimum Gasteiger partial charge on any atom is -0.359 e. The lowest BCUT2D eigenvalue weighted by atomic mass is 10.4. The van der Waals surface area contributed by atoms with Crippen LogP contribution in [-0.2, 0) is 6.54 Å². The van der Waals surface area contributed by atoms with E-state index in [2.05, 4.69) is 25.6 Å². The molecule has 2 N–H and O–H groups in total. The molecule has 0 bridgehead atoms. The van der Waals surface area contributed by atoms with Crippen molar-refractivity contribution in [3.63, 3.8) is 0 Å². The van der Waals surface area contributed by atoms with Crippen LogP contribution in [0.3, 0.4) is 0 Å². The molecule has 1 rings (SSSR count). The lowest BCUT2D eigenvalue weighted by Crippen LogP contribution is -2.34. The van der Waals surface area contributed by atoms with Gasteiger partial charge in [0, 0.05) is 34.4 Å². The van der Waals surface area contributed by atoms with Crippen LogP contribution in [0.1, 0.15) is 5.69 Å². The summed E-state index contributed by atoms with van der Waals surface area (Å²) in [4.78, 5) is 14.4. The summed E-state index contributed by atoms with van der Waals surface area (Å²) < 4.78 is 0. The molecule has 0 aliphatic heterocycles. The Labute approximate surface area is 95.8 Å². The molecule has 6 heteroatoms. The van der Waals surface area contributed by atoms with Crippen LogP contribution in [0.4, 0.5) is 5.95 Å². The molecule has 6 nitrogen and oxygen atoms in total. The summed E-state index contributed by atoms with van der Waals surface area (Å²) in [7, 11) is 7.38. The number of anilines is 1. The summed E-state index contributed by atoms with van der Waals surface area (Å²) in [5.74, 6) is 1.45. The topological polar surface area (TPSA) is 65.4 Å². The highest BCUT2D eigenvalue weighted by molar-refractivity contribution is 5.79. The Morgan fingerprint density at radius 1 is 1.50 bits per heavy atom. The molecule has 0 unspecified atom stereocenters. The quantitative estimate of drug-likeness (QED) is 0.549. The van der Waals surface area contributed by atoms with E-state index < -0.39 is 0 Å². The molecule has 0 aromatic carbocycles. The van der Waals surface area contributed by atoms with Crippen molar-refractivity contribution in [3.05, 3.63) is 18.0 Å². The molecule has 0 aliphatic rings. The average Bonchev–Trinajstić information content (AvgIpc) is 2.31. The molecule has 0 spiro atoms. The maximum atomic E-state index is 4.38. The molecule has 1 aromatic heterocycles. The predicted molar refractivity (Wildman–Crippen MR) is 65.6 cm³/mol. The number of aliphatic imine (C=N–C) groups is 1. The van der Waals surface area contributed by atoms with Gasteiger partial charge in [-0.25, -0.2) is 9.97 Å². The molecule has 0 atom stereocenters. The van der Waals surface area contributed by atoms with Crippen molar-refractivity contribution in [1.82, 2.24) is 20.6 Å². The SMILES string of the molecule is CN=C(NC)NCc1ccnc(N(C)C)n1. The third kappa shape index (κ3) is 3.38. The van der Waals surface area contributed by atoms with Crippen molar-refractivity contribution in [2.45, 2.75) is 6.54 Å². The molecular formula is C10H18N6. The first-order valence-corrected chi connectivity index (χ1v) is 5.05. The molecule has 0 aliphatic carbocycles. The van der Waals surface area contributed by atoms with E-state index in [1.807, 2.05) is 32.1 Å². The highest BCUT2D eigenvalue weighted by Gasteiger charge is 2.01. The predicted octanol–water partition coefficient (Wildman–Crippen LogP) is -0.163. The second-order valence-electron chi connectivity index (χ2n) is 3.42. The molecule has 1 heterocycles. The van der Waals surface area contributed by atoms with Gasteiger partial charge in [0.1, 0.15) is 0 Å². The Balaban J connectivity index is 2.64. The Bertz CT molecular complexity index is 360. The molecule has 0 radical (unpaired) electrons. The van der Waals surface area contributed by atoms with Gasteiger partial charge in [0.15, 0.2) is 5.96 Å². The standard InChI is InChI=1S/C10H18N6/c1-11-9(12-2)14-7-8-5-6-13-10(15-8)16(3)4/h5-6H,7H2,1-4H3,(H2,11,12,14). The second kappa shape index (κ2) is 5.89. The van der Waals surface area contributed by atoms with Gasteiger partial charge < -0.3 is 15.5 Å². The number of hydrogen-bond acceptors (Lipinski definition) is 4. The summed E-state index contributed by atoms with van der Waals surface area (Å²) in [6.45, 7) is 0.622. The van der Waals surface area contributed by atoms with E-state index in [1.165, 1.54) is 0 Å². The average molecular weight is 222 g/mol. The first-order valence-electron chi connectivity index (χ1n) is 5.05. The van der Waals surface area contributed by atoms with E-state index in [0.717, 1.165) is 11.7 Å². The highest BCUT2D eigenvalue weighted by Crippen LogP contribution is 2.02. The zero-order valence-corrected chi connectivity index (χ0v) is 10.2. The van der Waals surface area contributed by atoms with Gasteiger partial charge in [-0.2, -0.15) is 0 Å². The van der Waals surface area contributed by atoms with Crippen molar-refractivity contribution in [3.8, 4) is 0 Å². The van der Waals surface area contributed by atoms with E-state index in [0.29, 0.717) is 12.5 Å². The fourth-order valence-corrected chi connectivity index (χ4v) is 1.15. The second-order valence-corrected chi connectivity index (χ2v) is 3.42. The van der Waals surface area contributed by atoms with E-state index in [1.54, 1.807) is 13.2 Å². The van der Waals surface area contributed by atoms with Gasteiger partial charge in [-0.3, -0.25) is 4.99 Å². The number of guanidine groups is 1. The van der Waals surface area contributed by atoms with Crippen LogP contribution in [0, 0.1) is 0 Å². The lowest BCUT2D eigenvalue weighted by molar-refractivity contribution is 0.824.